The van der Waals surface area contributed by atoms with Crippen molar-refractivity contribution >= 4 is 34.1 Å². The van der Waals surface area contributed by atoms with Crippen molar-refractivity contribution < 1.29 is 33.3 Å². The molecule has 0 fully saturated rings. The Bertz CT molecular complexity index is 1080. The summed E-state index contributed by atoms with van der Waals surface area (Å²) in [7, 11) is 0. The molecule has 2 aromatic rings. The molecule has 1 heterocycles. The second-order valence-electron chi connectivity index (χ2n) is 8.25. The highest BCUT2D eigenvalue weighted by molar-refractivity contribution is 7.18. The molecule has 1 aromatic heterocycles. The number of hydrogen-bond donors (Lipinski definition) is 1. The van der Waals surface area contributed by atoms with Gasteiger partial charge in [0.2, 0.25) is 5.75 Å². The first-order valence-electron chi connectivity index (χ1n) is 12.6. The standard InChI is InChI=1S/C27H38N2O7S/c1-9-29(10-2)26(31)23-17(8)21(27(32)36-16(6)7)25(37-23)28-24(30)18-14-19(33-11-3)22(35-13-5)20(15-18)34-12-4/h14-16H,9-13H2,1-8H3,(H,28,30). The number of esters is 1. The molecule has 1 N–H and O–H groups in total. The van der Waals surface area contributed by atoms with E-state index in [4.69, 9.17) is 18.9 Å². The number of rotatable bonds is 13. The van der Waals surface area contributed by atoms with Crippen LogP contribution in [0.25, 0.3) is 0 Å². The van der Waals surface area contributed by atoms with Crippen molar-refractivity contribution in [3.8, 4) is 17.2 Å². The number of nitrogens with one attached hydrogen (secondary N) is 1. The molecule has 0 saturated carbocycles. The number of nitrogens with zero attached hydrogens (tertiary/aromatic N) is 1. The largest absolute Gasteiger partial charge is 0.490 e. The first-order chi connectivity index (χ1) is 17.6. The molecule has 1 aromatic carbocycles. The molecule has 0 aliphatic heterocycles. The van der Waals surface area contributed by atoms with E-state index < -0.39 is 11.9 Å². The summed E-state index contributed by atoms with van der Waals surface area (Å²) in [5.41, 5.74) is 0.893. The van der Waals surface area contributed by atoms with Crippen LogP contribution in [0.4, 0.5) is 5.00 Å². The van der Waals surface area contributed by atoms with Gasteiger partial charge in [0.05, 0.1) is 36.4 Å². The Hall–Kier alpha value is -3.27. The Morgan fingerprint density at radius 1 is 0.919 bits per heavy atom. The van der Waals surface area contributed by atoms with Crippen molar-refractivity contribution in [3.63, 3.8) is 0 Å². The highest BCUT2D eigenvalue weighted by atomic mass is 32.1. The van der Waals surface area contributed by atoms with E-state index in [9.17, 15) is 14.4 Å². The van der Waals surface area contributed by atoms with Gasteiger partial charge in [-0.3, -0.25) is 9.59 Å². The normalized spacial score (nSPS) is 10.7. The quantitative estimate of drug-likeness (QED) is 0.336. The summed E-state index contributed by atoms with van der Waals surface area (Å²) in [5.74, 6) is -0.131. The van der Waals surface area contributed by atoms with Crippen molar-refractivity contribution in [2.75, 3.05) is 38.2 Å². The van der Waals surface area contributed by atoms with Gasteiger partial charge in [0.25, 0.3) is 11.8 Å². The molecule has 0 spiro atoms. The summed E-state index contributed by atoms with van der Waals surface area (Å²) in [6, 6.07) is 3.14. The monoisotopic (exact) mass is 534 g/mol. The molecular formula is C27H38N2O7S. The van der Waals surface area contributed by atoms with Crippen LogP contribution in [0.3, 0.4) is 0 Å². The molecule has 204 valence electrons. The van der Waals surface area contributed by atoms with Gasteiger partial charge in [0, 0.05) is 18.7 Å². The maximum absolute atomic E-state index is 13.4. The van der Waals surface area contributed by atoms with E-state index in [1.54, 1.807) is 37.8 Å². The van der Waals surface area contributed by atoms with Crippen LogP contribution in [0.1, 0.15) is 84.4 Å². The molecule has 37 heavy (non-hydrogen) atoms. The van der Waals surface area contributed by atoms with E-state index in [-0.39, 0.29) is 28.1 Å². The summed E-state index contributed by atoms with van der Waals surface area (Å²) < 4.78 is 22.6. The highest BCUT2D eigenvalue weighted by Gasteiger charge is 2.29. The molecule has 0 atom stereocenters. The van der Waals surface area contributed by atoms with Crippen molar-refractivity contribution in [2.45, 2.75) is 61.5 Å². The lowest BCUT2D eigenvalue weighted by molar-refractivity contribution is 0.0379. The van der Waals surface area contributed by atoms with Crippen LogP contribution in [0.5, 0.6) is 17.2 Å². The zero-order valence-corrected chi connectivity index (χ0v) is 23.8. The smallest absolute Gasteiger partial charge is 0.341 e. The lowest BCUT2D eigenvalue weighted by atomic mass is 10.1. The van der Waals surface area contributed by atoms with Crippen molar-refractivity contribution in [1.29, 1.82) is 0 Å². The maximum Gasteiger partial charge on any atom is 0.341 e. The Morgan fingerprint density at radius 2 is 1.46 bits per heavy atom. The van der Waals surface area contributed by atoms with E-state index in [0.717, 1.165) is 11.3 Å². The summed E-state index contributed by atoms with van der Waals surface area (Å²) in [4.78, 5) is 41.6. The van der Waals surface area contributed by atoms with Gasteiger partial charge in [-0.25, -0.2) is 4.79 Å². The third-order valence-electron chi connectivity index (χ3n) is 5.34. The minimum atomic E-state index is -0.602. The third-order valence-corrected chi connectivity index (χ3v) is 6.53. The lowest BCUT2D eigenvalue weighted by Crippen LogP contribution is -2.30. The molecule has 2 amide bonds. The van der Waals surface area contributed by atoms with Crippen LogP contribution in [-0.4, -0.2) is 61.7 Å². The zero-order valence-electron chi connectivity index (χ0n) is 23.0. The van der Waals surface area contributed by atoms with Crippen LogP contribution in [-0.2, 0) is 4.74 Å². The highest BCUT2D eigenvalue weighted by Crippen LogP contribution is 2.40. The SMILES string of the molecule is CCOc1cc(C(=O)Nc2sc(C(=O)N(CC)CC)c(C)c2C(=O)OC(C)C)cc(OCC)c1OCC. The average molecular weight is 535 g/mol. The number of anilines is 1. The summed E-state index contributed by atoms with van der Waals surface area (Å²) in [5, 5.41) is 3.06. The molecular weight excluding hydrogens is 496 g/mol. The van der Waals surface area contributed by atoms with Crippen LogP contribution < -0.4 is 19.5 Å². The molecule has 0 aliphatic rings. The van der Waals surface area contributed by atoms with E-state index in [1.807, 2.05) is 34.6 Å². The van der Waals surface area contributed by atoms with E-state index >= 15 is 0 Å². The Morgan fingerprint density at radius 3 is 1.92 bits per heavy atom. The predicted molar refractivity (Wildman–Crippen MR) is 145 cm³/mol. The lowest BCUT2D eigenvalue weighted by Gasteiger charge is -2.18. The molecule has 9 nitrogen and oxygen atoms in total. The first kappa shape index (κ1) is 30.0. The number of ether oxygens (including phenoxy) is 4. The van der Waals surface area contributed by atoms with Crippen molar-refractivity contribution in [3.05, 3.63) is 33.7 Å². The van der Waals surface area contributed by atoms with Crippen molar-refractivity contribution in [1.82, 2.24) is 4.90 Å². The van der Waals surface area contributed by atoms with Gasteiger partial charge in [-0.05, 0) is 73.1 Å². The third kappa shape index (κ3) is 7.15. The van der Waals surface area contributed by atoms with Crippen molar-refractivity contribution in [2.24, 2.45) is 0 Å². The molecule has 0 saturated heterocycles. The van der Waals surface area contributed by atoms with Gasteiger partial charge in [-0.1, -0.05) is 0 Å². The second-order valence-corrected chi connectivity index (χ2v) is 9.27. The predicted octanol–water partition coefficient (Wildman–Crippen LogP) is 5.55. The van der Waals surface area contributed by atoms with E-state index in [0.29, 0.717) is 60.6 Å². The van der Waals surface area contributed by atoms with Gasteiger partial charge >= 0.3 is 5.97 Å². The fraction of sp³-hybridized carbons (Fsp3) is 0.519. The van der Waals surface area contributed by atoms with Crippen LogP contribution in [0.15, 0.2) is 12.1 Å². The van der Waals surface area contributed by atoms with Crippen LogP contribution in [0, 0.1) is 6.92 Å². The minimum absolute atomic E-state index is 0.170. The Labute approximate surface area is 223 Å². The number of hydrogen-bond acceptors (Lipinski definition) is 8. The number of amides is 2. The number of carbonyl (C=O) groups is 3. The number of thiophene rings is 1. The summed E-state index contributed by atoms with van der Waals surface area (Å²) in [6.45, 7) is 16.6. The van der Waals surface area contributed by atoms with Gasteiger partial charge in [-0.2, -0.15) is 0 Å². The second kappa shape index (κ2) is 13.9. The minimum Gasteiger partial charge on any atom is -0.490 e. The molecule has 0 radical (unpaired) electrons. The molecule has 10 heteroatoms. The first-order valence-corrected chi connectivity index (χ1v) is 13.5. The van der Waals surface area contributed by atoms with E-state index in [1.165, 1.54) is 0 Å². The Balaban J connectivity index is 2.58. The maximum atomic E-state index is 13.4. The van der Waals surface area contributed by atoms with E-state index in [2.05, 4.69) is 5.32 Å². The van der Waals surface area contributed by atoms with Crippen LogP contribution >= 0.6 is 11.3 Å². The Kier molecular flexibility index (Phi) is 11.2. The fourth-order valence-corrected chi connectivity index (χ4v) is 4.83. The number of carbonyl (C=O) groups excluding carboxylic acids is 3. The summed E-state index contributed by atoms with van der Waals surface area (Å²) in [6.07, 6.45) is -0.370. The van der Waals surface area contributed by atoms with Gasteiger partial charge < -0.3 is 29.2 Å². The van der Waals surface area contributed by atoms with Gasteiger partial charge in [0.15, 0.2) is 11.5 Å². The number of benzene rings is 1. The average Bonchev–Trinajstić information content (AvgIpc) is 3.17. The summed E-state index contributed by atoms with van der Waals surface area (Å²) >= 11 is 1.06. The zero-order chi connectivity index (χ0) is 27.7. The van der Waals surface area contributed by atoms with Gasteiger partial charge in [0.1, 0.15) is 5.00 Å². The molecule has 0 aliphatic carbocycles. The topological polar surface area (TPSA) is 103 Å². The van der Waals surface area contributed by atoms with Crippen LogP contribution in [0.2, 0.25) is 0 Å². The molecule has 0 unspecified atom stereocenters. The van der Waals surface area contributed by atoms with Gasteiger partial charge in [-0.15, -0.1) is 11.3 Å². The molecule has 0 bridgehead atoms. The molecule has 2 rings (SSSR count). The fourth-order valence-electron chi connectivity index (χ4n) is 3.67.